The number of hydrogen-bond donors (Lipinski definition) is 1. The van der Waals surface area contributed by atoms with Crippen LogP contribution in [0.2, 0.25) is 0 Å². The van der Waals surface area contributed by atoms with E-state index in [1.165, 1.54) is 5.56 Å². The normalized spacial score (nSPS) is 10.6. The van der Waals surface area contributed by atoms with Crippen molar-refractivity contribution >= 4 is 5.91 Å². The van der Waals surface area contributed by atoms with Crippen molar-refractivity contribution < 1.29 is 4.79 Å². The lowest BCUT2D eigenvalue weighted by Gasteiger charge is -2.10. The molecule has 1 N–H and O–H groups in total. The summed E-state index contributed by atoms with van der Waals surface area (Å²) < 4.78 is 1.87. The molecule has 2 heterocycles. The van der Waals surface area contributed by atoms with Gasteiger partial charge in [-0.2, -0.15) is 5.10 Å². The van der Waals surface area contributed by atoms with Crippen LogP contribution in [0, 0.1) is 6.92 Å². The fraction of sp³-hybridized carbons (Fsp3) is 0.250. The fourth-order valence-electron chi connectivity index (χ4n) is 2.73. The van der Waals surface area contributed by atoms with Gasteiger partial charge in [-0.25, -0.2) is 4.68 Å². The van der Waals surface area contributed by atoms with Gasteiger partial charge in [0.2, 0.25) is 0 Å². The van der Waals surface area contributed by atoms with E-state index in [1.807, 2.05) is 28.9 Å². The van der Waals surface area contributed by atoms with Gasteiger partial charge in [0.1, 0.15) is 0 Å². The Morgan fingerprint density at radius 3 is 2.52 bits per heavy atom. The van der Waals surface area contributed by atoms with E-state index in [2.05, 4.69) is 41.4 Å². The maximum Gasteiger partial charge on any atom is 0.255 e. The Labute approximate surface area is 147 Å². The second-order valence-corrected chi connectivity index (χ2v) is 6.04. The molecule has 25 heavy (non-hydrogen) atoms. The molecule has 1 amide bonds. The number of hydrogen-bond acceptors (Lipinski definition) is 3. The minimum Gasteiger partial charge on any atom is -0.348 e. The van der Waals surface area contributed by atoms with Gasteiger partial charge >= 0.3 is 0 Å². The van der Waals surface area contributed by atoms with E-state index in [9.17, 15) is 4.79 Å². The smallest absolute Gasteiger partial charge is 0.255 e. The summed E-state index contributed by atoms with van der Waals surface area (Å²) in [5.41, 5.74) is 4.77. The average molecular weight is 334 g/mol. The molecule has 5 heteroatoms. The first-order valence-corrected chi connectivity index (χ1v) is 8.50. The Hall–Kier alpha value is -2.95. The molecule has 0 bridgehead atoms. The van der Waals surface area contributed by atoms with Gasteiger partial charge in [-0.1, -0.05) is 31.0 Å². The lowest BCUT2D eigenvalue weighted by atomic mass is 10.1. The molecule has 128 valence electrons. The lowest BCUT2D eigenvalue weighted by Crippen LogP contribution is -2.24. The average Bonchev–Trinajstić information content (AvgIpc) is 3.05. The van der Waals surface area contributed by atoms with E-state index in [1.54, 1.807) is 18.6 Å². The number of pyridine rings is 1. The van der Waals surface area contributed by atoms with Crippen LogP contribution in [0.5, 0.6) is 0 Å². The Kier molecular flexibility index (Phi) is 5.23. The second-order valence-electron chi connectivity index (χ2n) is 6.04. The molecule has 0 aliphatic heterocycles. The number of benzene rings is 1. The molecule has 0 saturated heterocycles. The highest BCUT2D eigenvalue weighted by atomic mass is 16.1. The number of nitrogens with zero attached hydrogens (tertiary/aromatic N) is 3. The molecule has 0 atom stereocenters. The summed E-state index contributed by atoms with van der Waals surface area (Å²) in [6.45, 7) is 4.63. The van der Waals surface area contributed by atoms with Crippen LogP contribution in [0.4, 0.5) is 0 Å². The molecule has 0 aliphatic carbocycles. The second kappa shape index (κ2) is 7.75. The standard InChI is InChI=1S/C20H22N4O/c1-3-4-19-18(20(25)22-13-16-9-11-21-12-10-16)14-23-24(19)17-7-5-15(2)6-8-17/h5-12,14H,3-4,13H2,1-2H3,(H,22,25). The summed E-state index contributed by atoms with van der Waals surface area (Å²) in [5, 5.41) is 7.42. The molecule has 1 aromatic carbocycles. The Balaban J connectivity index is 1.83. The lowest BCUT2D eigenvalue weighted by molar-refractivity contribution is 0.0950. The third-order valence-electron chi connectivity index (χ3n) is 4.08. The van der Waals surface area contributed by atoms with Crippen molar-refractivity contribution in [2.24, 2.45) is 0 Å². The zero-order valence-corrected chi connectivity index (χ0v) is 14.6. The third kappa shape index (κ3) is 3.94. The van der Waals surface area contributed by atoms with Crippen molar-refractivity contribution in [2.75, 3.05) is 0 Å². The van der Waals surface area contributed by atoms with Crippen LogP contribution < -0.4 is 5.32 Å². The topological polar surface area (TPSA) is 59.8 Å². The van der Waals surface area contributed by atoms with E-state index in [0.717, 1.165) is 29.8 Å². The van der Waals surface area contributed by atoms with Crippen LogP contribution in [-0.4, -0.2) is 20.7 Å². The van der Waals surface area contributed by atoms with E-state index in [4.69, 9.17) is 0 Å². The fourth-order valence-corrected chi connectivity index (χ4v) is 2.73. The van der Waals surface area contributed by atoms with Gasteiger partial charge in [0, 0.05) is 18.9 Å². The zero-order valence-electron chi connectivity index (χ0n) is 14.6. The number of carbonyl (C=O) groups is 1. The molecule has 3 aromatic rings. The van der Waals surface area contributed by atoms with Crippen LogP contribution in [0.15, 0.2) is 55.0 Å². The van der Waals surface area contributed by atoms with Crippen molar-refractivity contribution in [3.05, 3.63) is 77.4 Å². The summed E-state index contributed by atoms with van der Waals surface area (Å²) in [4.78, 5) is 16.6. The predicted molar refractivity (Wildman–Crippen MR) is 97.7 cm³/mol. The first kappa shape index (κ1) is 16.9. The van der Waals surface area contributed by atoms with Crippen LogP contribution >= 0.6 is 0 Å². The van der Waals surface area contributed by atoms with Gasteiger partial charge in [-0.05, 0) is 43.2 Å². The van der Waals surface area contributed by atoms with E-state index >= 15 is 0 Å². The minimum absolute atomic E-state index is 0.0985. The number of aromatic nitrogens is 3. The summed E-state index contributed by atoms with van der Waals surface area (Å²) in [6.07, 6.45) is 6.85. The molecule has 0 aliphatic rings. The highest BCUT2D eigenvalue weighted by molar-refractivity contribution is 5.95. The number of aryl methyl sites for hydroxylation is 1. The minimum atomic E-state index is -0.0985. The van der Waals surface area contributed by atoms with Crippen molar-refractivity contribution in [3.8, 4) is 5.69 Å². The monoisotopic (exact) mass is 334 g/mol. The van der Waals surface area contributed by atoms with Gasteiger partial charge in [0.15, 0.2) is 0 Å². The first-order valence-electron chi connectivity index (χ1n) is 8.50. The van der Waals surface area contributed by atoms with E-state index < -0.39 is 0 Å². The quantitative estimate of drug-likeness (QED) is 0.751. The number of amides is 1. The van der Waals surface area contributed by atoms with Crippen LogP contribution in [0.3, 0.4) is 0 Å². The van der Waals surface area contributed by atoms with E-state index in [-0.39, 0.29) is 5.91 Å². The molecule has 2 aromatic heterocycles. The highest BCUT2D eigenvalue weighted by Gasteiger charge is 2.17. The third-order valence-corrected chi connectivity index (χ3v) is 4.08. The van der Waals surface area contributed by atoms with Gasteiger partial charge in [0.25, 0.3) is 5.91 Å². The largest absolute Gasteiger partial charge is 0.348 e. The Morgan fingerprint density at radius 2 is 1.84 bits per heavy atom. The van der Waals surface area contributed by atoms with Crippen LogP contribution in [0.1, 0.15) is 40.5 Å². The van der Waals surface area contributed by atoms with Crippen molar-refractivity contribution in [3.63, 3.8) is 0 Å². The van der Waals surface area contributed by atoms with E-state index in [0.29, 0.717) is 12.1 Å². The number of nitrogens with one attached hydrogen (secondary N) is 1. The number of carbonyl (C=O) groups excluding carboxylic acids is 1. The van der Waals surface area contributed by atoms with Crippen molar-refractivity contribution in [1.82, 2.24) is 20.1 Å². The molecule has 0 spiro atoms. The molecular weight excluding hydrogens is 312 g/mol. The number of rotatable bonds is 6. The summed E-state index contributed by atoms with van der Waals surface area (Å²) in [7, 11) is 0. The molecular formula is C20H22N4O. The van der Waals surface area contributed by atoms with Crippen molar-refractivity contribution in [1.29, 1.82) is 0 Å². The highest BCUT2D eigenvalue weighted by Crippen LogP contribution is 2.17. The van der Waals surface area contributed by atoms with Gasteiger partial charge in [-0.3, -0.25) is 9.78 Å². The maximum absolute atomic E-state index is 12.6. The van der Waals surface area contributed by atoms with Crippen LogP contribution in [0.25, 0.3) is 5.69 Å². The first-order chi connectivity index (χ1) is 12.2. The molecule has 0 radical (unpaired) electrons. The maximum atomic E-state index is 12.6. The summed E-state index contributed by atoms with van der Waals surface area (Å²) >= 11 is 0. The van der Waals surface area contributed by atoms with Gasteiger partial charge < -0.3 is 5.32 Å². The van der Waals surface area contributed by atoms with Gasteiger partial charge in [-0.15, -0.1) is 0 Å². The zero-order chi connectivity index (χ0) is 17.6. The Bertz CT molecular complexity index is 838. The molecule has 3 rings (SSSR count). The van der Waals surface area contributed by atoms with Crippen LogP contribution in [-0.2, 0) is 13.0 Å². The molecule has 5 nitrogen and oxygen atoms in total. The summed E-state index contributed by atoms with van der Waals surface area (Å²) in [6, 6.07) is 11.9. The Morgan fingerprint density at radius 1 is 1.12 bits per heavy atom. The van der Waals surface area contributed by atoms with Crippen molar-refractivity contribution in [2.45, 2.75) is 33.2 Å². The molecule has 0 saturated carbocycles. The SMILES string of the molecule is CCCc1c(C(=O)NCc2ccncc2)cnn1-c1ccc(C)cc1. The predicted octanol–water partition coefficient (Wildman–Crippen LogP) is 3.46. The molecule has 0 unspecified atom stereocenters. The summed E-state index contributed by atoms with van der Waals surface area (Å²) in [5.74, 6) is -0.0985. The molecule has 0 fully saturated rings. The van der Waals surface area contributed by atoms with Gasteiger partial charge in [0.05, 0.1) is 23.1 Å².